The van der Waals surface area contributed by atoms with E-state index in [-0.39, 0.29) is 18.5 Å². The van der Waals surface area contributed by atoms with Gasteiger partial charge in [0.05, 0.1) is 24.4 Å². The van der Waals surface area contributed by atoms with Crippen LogP contribution in [0.3, 0.4) is 0 Å². The summed E-state index contributed by atoms with van der Waals surface area (Å²) < 4.78 is 32.7. The van der Waals surface area contributed by atoms with Crippen LogP contribution in [-0.2, 0) is 23.1 Å². The van der Waals surface area contributed by atoms with Crippen molar-refractivity contribution in [2.45, 2.75) is 38.5 Å². The molecule has 2 aromatic carbocycles. The van der Waals surface area contributed by atoms with E-state index >= 15 is 0 Å². The highest BCUT2D eigenvalue weighted by Crippen LogP contribution is 2.34. The minimum atomic E-state index is -0.630. The zero-order chi connectivity index (χ0) is 24.6. The summed E-state index contributed by atoms with van der Waals surface area (Å²) in [5, 5.41) is 15.4. The van der Waals surface area contributed by atoms with Crippen molar-refractivity contribution in [3.8, 4) is 22.9 Å². The molecule has 1 aliphatic rings. The van der Waals surface area contributed by atoms with Crippen LogP contribution in [-0.4, -0.2) is 64.9 Å². The molecule has 2 atom stereocenters. The molecule has 0 radical (unpaired) electrons. The monoisotopic (exact) mass is 483 g/mol. The summed E-state index contributed by atoms with van der Waals surface area (Å²) in [6.07, 6.45) is 1.53. The third kappa shape index (κ3) is 6.89. The number of nitrogens with zero attached hydrogens (tertiary/aromatic N) is 3. The molecule has 1 aliphatic heterocycles. The molecule has 7 nitrogen and oxygen atoms in total. The molecule has 1 saturated heterocycles. The molecule has 1 fully saturated rings. The smallest absolute Gasteiger partial charge is 0.222 e. The number of hydrogen-bond acceptors (Lipinski definition) is 6. The molecule has 0 saturated carbocycles. The SMILES string of the molecule is CCOC[C@H](O)CN(Cc1c(-c2ccccc2)nn(C)c1Oc1ccc(F)cc1)C[C@@H]1CCCO1. The number of aromatic nitrogens is 2. The normalized spacial score (nSPS) is 16.7. The van der Waals surface area contributed by atoms with Crippen molar-refractivity contribution >= 4 is 0 Å². The number of halogens is 1. The van der Waals surface area contributed by atoms with Gasteiger partial charge in [-0.3, -0.25) is 4.90 Å². The molecule has 188 valence electrons. The Morgan fingerprint density at radius 3 is 2.66 bits per heavy atom. The van der Waals surface area contributed by atoms with E-state index in [1.54, 1.807) is 16.8 Å². The lowest BCUT2D eigenvalue weighted by Crippen LogP contribution is -2.39. The van der Waals surface area contributed by atoms with Crippen molar-refractivity contribution < 1.29 is 23.7 Å². The first-order valence-electron chi connectivity index (χ1n) is 12.2. The lowest BCUT2D eigenvalue weighted by molar-refractivity contribution is 0.00505. The molecule has 0 spiro atoms. The van der Waals surface area contributed by atoms with Gasteiger partial charge >= 0.3 is 0 Å². The van der Waals surface area contributed by atoms with Crippen LogP contribution >= 0.6 is 0 Å². The highest BCUT2D eigenvalue weighted by atomic mass is 19.1. The maximum absolute atomic E-state index is 13.5. The lowest BCUT2D eigenvalue weighted by atomic mass is 10.1. The first-order valence-corrected chi connectivity index (χ1v) is 12.2. The van der Waals surface area contributed by atoms with Gasteiger partial charge in [-0.1, -0.05) is 30.3 Å². The van der Waals surface area contributed by atoms with Crippen LogP contribution in [0.2, 0.25) is 0 Å². The molecule has 1 aromatic heterocycles. The molecule has 0 bridgehead atoms. The Morgan fingerprint density at radius 2 is 1.97 bits per heavy atom. The highest BCUT2D eigenvalue weighted by Gasteiger charge is 2.26. The van der Waals surface area contributed by atoms with Gasteiger partial charge in [0, 0.05) is 45.5 Å². The number of aliphatic hydroxyl groups excluding tert-OH is 1. The summed E-state index contributed by atoms with van der Waals surface area (Å²) in [6, 6.07) is 15.9. The van der Waals surface area contributed by atoms with E-state index in [4.69, 9.17) is 19.3 Å². The first-order chi connectivity index (χ1) is 17.0. The Kier molecular flexibility index (Phi) is 8.87. The lowest BCUT2D eigenvalue weighted by Gasteiger charge is -2.27. The Hall–Kier alpha value is -2.78. The fraction of sp³-hybridized carbons (Fsp3) is 0.444. The molecular formula is C27H34FN3O4. The summed E-state index contributed by atoms with van der Waals surface area (Å²) in [6.45, 7) is 5.12. The van der Waals surface area contributed by atoms with Crippen LogP contribution in [0.15, 0.2) is 54.6 Å². The van der Waals surface area contributed by atoms with E-state index in [0.29, 0.717) is 37.9 Å². The molecule has 8 heteroatoms. The predicted molar refractivity (Wildman–Crippen MR) is 132 cm³/mol. The van der Waals surface area contributed by atoms with Crippen molar-refractivity contribution in [2.24, 2.45) is 7.05 Å². The van der Waals surface area contributed by atoms with Gasteiger partial charge in [-0.2, -0.15) is 5.10 Å². The minimum absolute atomic E-state index is 0.118. The Balaban J connectivity index is 1.66. The second-order valence-corrected chi connectivity index (χ2v) is 8.82. The van der Waals surface area contributed by atoms with Gasteiger partial charge in [-0.25, -0.2) is 9.07 Å². The molecule has 3 aromatic rings. The fourth-order valence-electron chi connectivity index (χ4n) is 4.37. The summed E-state index contributed by atoms with van der Waals surface area (Å²) in [5.74, 6) is 0.781. The van der Waals surface area contributed by atoms with E-state index in [2.05, 4.69) is 4.90 Å². The Labute approximate surface area is 206 Å². The van der Waals surface area contributed by atoms with Crippen molar-refractivity contribution in [1.82, 2.24) is 14.7 Å². The number of rotatable bonds is 12. The Bertz CT molecular complexity index is 1050. The van der Waals surface area contributed by atoms with Gasteiger partial charge in [0.2, 0.25) is 5.88 Å². The van der Waals surface area contributed by atoms with Gasteiger partial charge in [0.15, 0.2) is 0 Å². The molecule has 0 aliphatic carbocycles. The second kappa shape index (κ2) is 12.3. The van der Waals surface area contributed by atoms with E-state index in [0.717, 1.165) is 36.3 Å². The molecule has 1 N–H and O–H groups in total. The van der Waals surface area contributed by atoms with Crippen molar-refractivity contribution in [3.63, 3.8) is 0 Å². The maximum atomic E-state index is 13.5. The topological polar surface area (TPSA) is 69.0 Å². The van der Waals surface area contributed by atoms with E-state index in [9.17, 15) is 9.50 Å². The number of aryl methyl sites for hydroxylation is 1. The third-order valence-corrected chi connectivity index (χ3v) is 6.01. The summed E-state index contributed by atoms with van der Waals surface area (Å²) in [5.41, 5.74) is 2.67. The van der Waals surface area contributed by atoms with E-state index in [1.165, 1.54) is 12.1 Å². The molecule has 4 rings (SSSR count). The van der Waals surface area contributed by atoms with Crippen LogP contribution < -0.4 is 4.74 Å². The van der Waals surface area contributed by atoms with Crippen molar-refractivity contribution in [2.75, 3.05) is 32.9 Å². The van der Waals surface area contributed by atoms with Gasteiger partial charge < -0.3 is 19.3 Å². The number of benzene rings is 2. The van der Waals surface area contributed by atoms with Crippen LogP contribution in [0, 0.1) is 5.82 Å². The zero-order valence-electron chi connectivity index (χ0n) is 20.4. The van der Waals surface area contributed by atoms with E-state index in [1.807, 2.05) is 44.3 Å². The van der Waals surface area contributed by atoms with Crippen molar-refractivity contribution in [3.05, 3.63) is 66.0 Å². The van der Waals surface area contributed by atoms with Gasteiger partial charge in [-0.05, 0) is 44.0 Å². The highest BCUT2D eigenvalue weighted by molar-refractivity contribution is 5.65. The number of ether oxygens (including phenoxy) is 3. The van der Waals surface area contributed by atoms with Gasteiger partial charge in [0.25, 0.3) is 0 Å². The largest absolute Gasteiger partial charge is 0.439 e. The number of hydrogen-bond donors (Lipinski definition) is 1. The molecule has 0 amide bonds. The Morgan fingerprint density at radius 1 is 1.20 bits per heavy atom. The average molecular weight is 484 g/mol. The quantitative estimate of drug-likeness (QED) is 0.412. The van der Waals surface area contributed by atoms with Crippen LogP contribution in [0.4, 0.5) is 4.39 Å². The fourth-order valence-corrected chi connectivity index (χ4v) is 4.37. The molecular weight excluding hydrogens is 449 g/mol. The first kappa shape index (κ1) is 25.3. The average Bonchev–Trinajstić information content (AvgIpc) is 3.48. The van der Waals surface area contributed by atoms with Gasteiger partial charge in [0.1, 0.15) is 17.3 Å². The van der Waals surface area contributed by atoms with Crippen LogP contribution in [0.5, 0.6) is 11.6 Å². The molecule has 0 unspecified atom stereocenters. The standard InChI is InChI=1S/C27H34FN3O4/c1-3-33-19-22(32)16-31(17-24-10-7-15-34-24)18-25-26(20-8-5-4-6-9-20)29-30(2)27(25)35-23-13-11-21(28)12-14-23/h4-6,8-9,11-14,22,24,32H,3,7,10,15-19H2,1-2H3/t22-,24+/m1/s1. The molecule has 35 heavy (non-hydrogen) atoms. The third-order valence-electron chi connectivity index (χ3n) is 6.01. The maximum Gasteiger partial charge on any atom is 0.222 e. The second-order valence-electron chi connectivity index (χ2n) is 8.82. The summed E-state index contributed by atoms with van der Waals surface area (Å²) >= 11 is 0. The van der Waals surface area contributed by atoms with Crippen LogP contribution in [0.25, 0.3) is 11.3 Å². The predicted octanol–water partition coefficient (Wildman–Crippen LogP) is 4.40. The van der Waals surface area contributed by atoms with Crippen LogP contribution in [0.1, 0.15) is 25.3 Å². The minimum Gasteiger partial charge on any atom is -0.439 e. The summed E-state index contributed by atoms with van der Waals surface area (Å²) in [7, 11) is 1.84. The summed E-state index contributed by atoms with van der Waals surface area (Å²) in [4.78, 5) is 2.18. The zero-order valence-corrected chi connectivity index (χ0v) is 20.4. The van der Waals surface area contributed by atoms with Gasteiger partial charge in [-0.15, -0.1) is 0 Å². The van der Waals surface area contributed by atoms with Crippen molar-refractivity contribution in [1.29, 1.82) is 0 Å². The molecule has 2 heterocycles. The van der Waals surface area contributed by atoms with E-state index < -0.39 is 6.10 Å². The number of aliphatic hydroxyl groups is 1.